The zero-order valence-electron chi connectivity index (χ0n) is 13.8. The first-order chi connectivity index (χ1) is 11.7. The van der Waals surface area contributed by atoms with Crippen molar-refractivity contribution in [2.75, 3.05) is 0 Å². The maximum Gasteiger partial charge on any atom is 0.153 e. The van der Waals surface area contributed by atoms with Gasteiger partial charge in [0.15, 0.2) is 11.5 Å². The van der Waals surface area contributed by atoms with Crippen molar-refractivity contribution in [2.24, 2.45) is 0 Å². The Labute approximate surface area is 176 Å². The van der Waals surface area contributed by atoms with Crippen molar-refractivity contribution < 1.29 is 30.3 Å². The second-order valence-corrected chi connectivity index (χ2v) is 6.88. The molecule has 3 rings (SSSR count). The van der Waals surface area contributed by atoms with E-state index in [4.69, 9.17) is 32.3 Å². The molecule has 0 bridgehead atoms. The Balaban J connectivity index is 0.00000225. The standard InChI is InChI=1S/C19H16Cl2O2S.Ti/c1-12-6-3-8-14(18(12)22-20)17(16-10-5-11-24-16)15-9-4-7-13(2)19(15)23-21;/h3-11,17H,1-2H3;. The molecular weight excluding hydrogens is 411 g/mol. The number of para-hydroxylation sites is 2. The summed E-state index contributed by atoms with van der Waals surface area (Å²) in [5, 5.41) is 2.05. The van der Waals surface area contributed by atoms with Crippen LogP contribution in [0.2, 0.25) is 0 Å². The SMILES string of the molecule is Cc1cccc(C(c2cccs2)c2cccc(C)c2OCl)c1OCl.[Ti]. The van der Waals surface area contributed by atoms with Crippen LogP contribution in [-0.2, 0) is 21.7 Å². The van der Waals surface area contributed by atoms with Gasteiger partial charge in [0.25, 0.3) is 0 Å². The van der Waals surface area contributed by atoms with Gasteiger partial charge < -0.3 is 8.58 Å². The zero-order valence-corrected chi connectivity index (χ0v) is 17.6. The Hall–Kier alpha value is -0.966. The molecule has 0 aliphatic rings. The summed E-state index contributed by atoms with van der Waals surface area (Å²) in [5.41, 5.74) is 3.91. The summed E-state index contributed by atoms with van der Waals surface area (Å²) in [4.78, 5) is 1.16. The third-order valence-electron chi connectivity index (χ3n) is 4.09. The van der Waals surface area contributed by atoms with E-state index in [1.54, 1.807) is 11.3 Å². The Bertz CT molecular complexity index is 784. The number of hydrogen-bond acceptors (Lipinski definition) is 3. The fraction of sp³-hybridized carbons (Fsp3) is 0.158. The van der Waals surface area contributed by atoms with E-state index < -0.39 is 0 Å². The smallest absolute Gasteiger partial charge is 0.153 e. The molecule has 2 aromatic carbocycles. The Morgan fingerprint density at radius 3 is 1.72 bits per heavy atom. The molecule has 0 atom stereocenters. The molecule has 0 unspecified atom stereocenters. The van der Waals surface area contributed by atoms with Gasteiger partial charge in [0.05, 0.1) is 5.92 Å². The van der Waals surface area contributed by atoms with Crippen molar-refractivity contribution in [1.29, 1.82) is 0 Å². The van der Waals surface area contributed by atoms with E-state index in [2.05, 4.69) is 11.4 Å². The van der Waals surface area contributed by atoms with Crippen molar-refractivity contribution in [1.82, 2.24) is 0 Å². The average Bonchev–Trinajstić information content (AvgIpc) is 3.10. The minimum absolute atomic E-state index is 0. The predicted molar refractivity (Wildman–Crippen MR) is 101 cm³/mol. The molecule has 0 N–H and O–H groups in total. The van der Waals surface area contributed by atoms with E-state index in [1.165, 1.54) is 0 Å². The van der Waals surface area contributed by atoms with Gasteiger partial charge in [-0.1, -0.05) is 42.5 Å². The maximum absolute atomic E-state index is 5.78. The zero-order chi connectivity index (χ0) is 17.1. The van der Waals surface area contributed by atoms with Gasteiger partial charge >= 0.3 is 0 Å². The number of aryl methyl sites for hydroxylation is 2. The monoisotopic (exact) mass is 426 g/mol. The van der Waals surface area contributed by atoms with Gasteiger partial charge in [-0.15, -0.1) is 11.3 Å². The first-order valence-electron chi connectivity index (χ1n) is 7.47. The molecule has 0 radical (unpaired) electrons. The quantitative estimate of drug-likeness (QED) is 0.427. The normalized spacial score (nSPS) is 10.4. The summed E-state index contributed by atoms with van der Waals surface area (Å²) in [6.45, 7) is 3.95. The van der Waals surface area contributed by atoms with E-state index >= 15 is 0 Å². The summed E-state index contributed by atoms with van der Waals surface area (Å²) >= 11 is 13.2. The number of rotatable bonds is 5. The molecule has 128 valence electrons. The molecule has 0 aliphatic heterocycles. The minimum Gasteiger partial charge on any atom is -0.385 e. The van der Waals surface area contributed by atoms with Crippen LogP contribution >= 0.6 is 35.1 Å². The molecule has 0 saturated heterocycles. The number of halogens is 2. The summed E-state index contributed by atoms with van der Waals surface area (Å²) < 4.78 is 10.4. The van der Waals surface area contributed by atoms with Crippen LogP contribution in [0.1, 0.15) is 33.0 Å². The van der Waals surface area contributed by atoms with Crippen LogP contribution in [0.3, 0.4) is 0 Å². The number of thiophene rings is 1. The van der Waals surface area contributed by atoms with Gasteiger partial charge in [-0.25, -0.2) is 0 Å². The maximum atomic E-state index is 5.78. The fourth-order valence-electron chi connectivity index (χ4n) is 2.95. The summed E-state index contributed by atoms with van der Waals surface area (Å²) in [7, 11) is 0. The van der Waals surface area contributed by atoms with E-state index in [-0.39, 0.29) is 27.6 Å². The van der Waals surface area contributed by atoms with Crippen LogP contribution in [-0.4, -0.2) is 0 Å². The van der Waals surface area contributed by atoms with E-state index in [1.807, 2.05) is 56.3 Å². The van der Waals surface area contributed by atoms with Gasteiger partial charge in [-0.05, 0) is 36.4 Å². The summed E-state index contributed by atoms with van der Waals surface area (Å²) in [6, 6.07) is 16.1. The topological polar surface area (TPSA) is 18.5 Å². The van der Waals surface area contributed by atoms with Crippen molar-refractivity contribution in [2.45, 2.75) is 19.8 Å². The summed E-state index contributed by atoms with van der Waals surface area (Å²) in [5.74, 6) is 1.26. The predicted octanol–water partition coefficient (Wildman–Crippen LogP) is 6.61. The molecule has 0 saturated carbocycles. The third kappa shape index (κ3) is 4.07. The molecule has 3 aromatic rings. The molecule has 1 heterocycles. The van der Waals surface area contributed by atoms with Crippen molar-refractivity contribution in [3.63, 3.8) is 0 Å². The first kappa shape index (κ1) is 20.3. The molecule has 2 nitrogen and oxygen atoms in total. The van der Waals surface area contributed by atoms with Crippen LogP contribution in [0.5, 0.6) is 11.5 Å². The molecule has 6 heteroatoms. The van der Waals surface area contributed by atoms with Crippen LogP contribution < -0.4 is 8.58 Å². The van der Waals surface area contributed by atoms with Gasteiger partial charge in [0.2, 0.25) is 0 Å². The third-order valence-corrected chi connectivity index (χ3v) is 5.33. The van der Waals surface area contributed by atoms with E-state index in [9.17, 15) is 0 Å². The van der Waals surface area contributed by atoms with Gasteiger partial charge in [-0.2, -0.15) is 0 Å². The first-order valence-corrected chi connectivity index (χ1v) is 8.96. The van der Waals surface area contributed by atoms with Crippen molar-refractivity contribution >= 4 is 35.1 Å². The van der Waals surface area contributed by atoms with E-state index in [0.29, 0.717) is 11.5 Å². The van der Waals surface area contributed by atoms with Gasteiger partial charge in [0, 0.05) is 37.7 Å². The minimum atomic E-state index is -0.0766. The van der Waals surface area contributed by atoms with Gasteiger partial charge in [0.1, 0.15) is 23.7 Å². The van der Waals surface area contributed by atoms with Crippen LogP contribution in [0, 0.1) is 13.8 Å². The molecule has 0 fully saturated rings. The van der Waals surface area contributed by atoms with E-state index in [0.717, 1.165) is 27.1 Å². The largest absolute Gasteiger partial charge is 0.385 e. The second-order valence-electron chi connectivity index (χ2n) is 5.59. The molecule has 25 heavy (non-hydrogen) atoms. The molecule has 0 aliphatic carbocycles. The average molecular weight is 427 g/mol. The number of hydrogen-bond donors (Lipinski definition) is 0. The van der Waals surface area contributed by atoms with Crippen LogP contribution in [0.25, 0.3) is 0 Å². The second kappa shape index (κ2) is 9.11. The molecule has 0 amide bonds. The Morgan fingerprint density at radius 1 is 0.800 bits per heavy atom. The van der Waals surface area contributed by atoms with Crippen LogP contribution in [0.15, 0.2) is 53.9 Å². The molecule has 0 spiro atoms. The molecular formula is C19H16Cl2O2STi. The Morgan fingerprint density at radius 2 is 1.32 bits per heavy atom. The van der Waals surface area contributed by atoms with Crippen molar-refractivity contribution in [3.05, 3.63) is 81.0 Å². The van der Waals surface area contributed by atoms with Gasteiger partial charge in [-0.3, -0.25) is 0 Å². The van der Waals surface area contributed by atoms with Crippen LogP contribution in [0.4, 0.5) is 0 Å². The Kier molecular flexibility index (Phi) is 7.42. The fourth-order valence-corrected chi connectivity index (χ4v) is 4.23. The number of benzene rings is 2. The van der Waals surface area contributed by atoms with Crippen molar-refractivity contribution in [3.8, 4) is 11.5 Å². The summed E-state index contributed by atoms with van der Waals surface area (Å²) in [6.07, 6.45) is 0. The molecule has 1 aromatic heterocycles.